The van der Waals surface area contributed by atoms with Crippen molar-refractivity contribution in [2.45, 2.75) is 38.2 Å². The molecular weight excluding hydrogens is 270 g/mol. The number of aromatic nitrogens is 2. The molecular formula is C12H16F2N4O2. The third kappa shape index (κ3) is 2.03. The summed E-state index contributed by atoms with van der Waals surface area (Å²) in [4.78, 5) is 13.9. The van der Waals surface area contributed by atoms with Crippen LogP contribution in [0.15, 0.2) is 10.8 Å². The van der Waals surface area contributed by atoms with Gasteiger partial charge in [-0.15, -0.1) is 5.10 Å². The molecule has 20 heavy (non-hydrogen) atoms. The summed E-state index contributed by atoms with van der Waals surface area (Å²) < 4.78 is 31.6. The maximum atomic E-state index is 13.3. The van der Waals surface area contributed by atoms with E-state index in [0.29, 0.717) is 19.4 Å². The van der Waals surface area contributed by atoms with Crippen molar-refractivity contribution in [2.24, 2.45) is 5.41 Å². The Labute approximate surface area is 114 Å². The summed E-state index contributed by atoms with van der Waals surface area (Å²) in [6.45, 7) is 2.36. The number of nitrogens with one attached hydrogen (secondary N) is 1. The Kier molecular flexibility index (Phi) is 2.91. The molecule has 1 amide bonds. The fourth-order valence-corrected chi connectivity index (χ4v) is 2.83. The van der Waals surface area contributed by atoms with E-state index in [2.05, 4.69) is 15.5 Å². The average molecular weight is 286 g/mol. The maximum absolute atomic E-state index is 13.3. The van der Waals surface area contributed by atoms with Crippen molar-refractivity contribution < 1.29 is 18.0 Å². The van der Waals surface area contributed by atoms with Gasteiger partial charge >= 0.3 is 6.01 Å². The Hall–Kier alpha value is -1.73. The third-order valence-corrected chi connectivity index (χ3v) is 4.24. The van der Waals surface area contributed by atoms with Gasteiger partial charge in [-0.3, -0.25) is 4.79 Å². The Morgan fingerprint density at radius 1 is 1.65 bits per heavy atom. The molecule has 1 saturated carbocycles. The smallest absolute Gasteiger partial charge is 0.315 e. The van der Waals surface area contributed by atoms with Crippen LogP contribution in [-0.2, 0) is 4.79 Å². The summed E-state index contributed by atoms with van der Waals surface area (Å²) in [7, 11) is 0. The van der Waals surface area contributed by atoms with Gasteiger partial charge in [0.15, 0.2) is 0 Å². The molecule has 1 aromatic rings. The lowest BCUT2D eigenvalue weighted by atomic mass is 10.1. The van der Waals surface area contributed by atoms with E-state index >= 15 is 0 Å². The molecule has 8 heteroatoms. The molecule has 2 aliphatic rings. The van der Waals surface area contributed by atoms with E-state index in [1.54, 1.807) is 0 Å². The van der Waals surface area contributed by atoms with Gasteiger partial charge in [0.2, 0.25) is 12.3 Å². The topological polar surface area (TPSA) is 71.3 Å². The lowest BCUT2D eigenvalue weighted by Gasteiger charge is -2.22. The number of hydrogen-bond donors (Lipinski definition) is 1. The largest absolute Gasteiger partial charge is 0.411 e. The zero-order valence-electron chi connectivity index (χ0n) is 11.1. The van der Waals surface area contributed by atoms with Crippen LogP contribution in [0.25, 0.3) is 0 Å². The van der Waals surface area contributed by atoms with E-state index in [9.17, 15) is 13.6 Å². The quantitative estimate of drug-likeness (QED) is 0.908. The van der Waals surface area contributed by atoms with Crippen molar-refractivity contribution in [3.05, 3.63) is 6.39 Å². The number of hydrogen-bond acceptors (Lipinski definition) is 5. The molecule has 1 aromatic heterocycles. The highest BCUT2D eigenvalue weighted by molar-refractivity contribution is 5.84. The monoisotopic (exact) mass is 286 g/mol. The van der Waals surface area contributed by atoms with Gasteiger partial charge in [0, 0.05) is 19.5 Å². The van der Waals surface area contributed by atoms with Crippen LogP contribution in [-0.4, -0.2) is 46.1 Å². The Morgan fingerprint density at radius 3 is 2.90 bits per heavy atom. The SMILES string of the molecule is CCC(Nc1nnco1)C(=O)N1CCC2(C1)CC2(F)F. The molecule has 0 radical (unpaired) electrons. The van der Waals surface area contributed by atoms with Crippen molar-refractivity contribution in [3.8, 4) is 0 Å². The van der Waals surface area contributed by atoms with Gasteiger partial charge in [0.1, 0.15) is 6.04 Å². The summed E-state index contributed by atoms with van der Waals surface area (Å²) >= 11 is 0. The van der Waals surface area contributed by atoms with Crippen molar-refractivity contribution in [2.75, 3.05) is 18.4 Å². The summed E-state index contributed by atoms with van der Waals surface area (Å²) in [5.74, 6) is -2.80. The highest BCUT2D eigenvalue weighted by Gasteiger charge is 2.73. The van der Waals surface area contributed by atoms with Crippen molar-refractivity contribution >= 4 is 11.9 Å². The predicted molar refractivity (Wildman–Crippen MR) is 65.2 cm³/mol. The fourth-order valence-electron chi connectivity index (χ4n) is 2.83. The second-order valence-electron chi connectivity index (χ2n) is 5.52. The number of amides is 1. The number of alkyl halides is 2. The van der Waals surface area contributed by atoms with Gasteiger partial charge in [-0.1, -0.05) is 12.0 Å². The molecule has 1 saturated heterocycles. The Bertz CT molecular complexity index is 508. The minimum Gasteiger partial charge on any atom is -0.411 e. The van der Waals surface area contributed by atoms with Crippen molar-refractivity contribution in [1.82, 2.24) is 15.1 Å². The lowest BCUT2D eigenvalue weighted by Crippen LogP contribution is -2.42. The molecule has 1 N–H and O–H groups in total. The van der Waals surface area contributed by atoms with Gasteiger partial charge in [-0.25, -0.2) is 8.78 Å². The first-order valence-electron chi connectivity index (χ1n) is 6.67. The first-order valence-corrected chi connectivity index (χ1v) is 6.67. The lowest BCUT2D eigenvalue weighted by molar-refractivity contribution is -0.131. The molecule has 3 rings (SSSR count). The van der Waals surface area contributed by atoms with Gasteiger partial charge in [0.25, 0.3) is 5.92 Å². The number of likely N-dealkylation sites (tertiary alicyclic amines) is 1. The van der Waals surface area contributed by atoms with E-state index < -0.39 is 17.4 Å². The molecule has 1 aliphatic carbocycles. The highest BCUT2D eigenvalue weighted by Crippen LogP contribution is 2.65. The van der Waals surface area contributed by atoms with Crippen LogP contribution in [0.2, 0.25) is 0 Å². The van der Waals surface area contributed by atoms with Gasteiger partial charge in [-0.2, -0.15) is 0 Å². The second kappa shape index (κ2) is 4.39. The van der Waals surface area contributed by atoms with Gasteiger partial charge < -0.3 is 14.6 Å². The number of carbonyl (C=O) groups excluding carboxylic acids is 1. The molecule has 0 bridgehead atoms. The van der Waals surface area contributed by atoms with Gasteiger partial charge in [0.05, 0.1) is 5.41 Å². The summed E-state index contributed by atoms with van der Waals surface area (Å²) in [6.07, 6.45) is 1.95. The number of anilines is 1. The maximum Gasteiger partial charge on any atom is 0.315 e. The van der Waals surface area contributed by atoms with Crippen LogP contribution in [0.5, 0.6) is 0 Å². The number of carbonyl (C=O) groups is 1. The first kappa shape index (κ1) is 13.3. The standard InChI is InChI=1S/C12H16F2N4O2/c1-2-8(16-10-17-15-7-20-10)9(19)18-4-3-11(6-18)5-12(11,13)14/h7-8H,2-6H2,1H3,(H,16,17). The molecule has 2 heterocycles. The van der Waals surface area contributed by atoms with Crippen LogP contribution in [0.4, 0.5) is 14.8 Å². The fraction of sp³-hybridized carbons (Fsp3) is 0.750. The average Bonchev–Trinajstić information content (AvgIpc) is 2.89. The zero-order chi connectivity index (χ0) is 14.4. The van der Waals surface area contributed by atoms with Crippen molar-refractivity contribution in [3.63, 3.8) is 0 Å². The highest BCUT2D eigenvalue weighted by atomic mass is 19.3. The summed E-state index contributed by atoms with van der Waals surface area (Å²) in [5, 5.41) is 10.0. The van der Waals surface area contributed by atoms with E-state index in [-0.39, 0.29) is 24.9 Å². The minimum absolute atomic E-state index is 0.0995. The molecule has 1 spiro atoms. The number of rotatable bonds is 4. The Balaban J connectivity index is 1.63. The van der Waals surface area contributed by atoms with Crippen molar-refractivity contribution in [1.29, 1.82) is 0 Å². The van der Waals surface area contributed by atoms with E-state index in [0.717, 1.165) is 6.39 Å². The molecule has 110 valence electrons. The van der Waals surface area contributed by atoms with Crippen LogP contribution < -0.4 is 5.32 Å². The number of nitrogens with zero attached hydrogens (tertiary/aromatic N) is 3. The molecule has 2 fully saturated rings. The Morgan fingerprint density at radius 2 is 2.40 bits per heavy atom. The van der Waals surface area contributed by atoms with E-state index in [1.165, 1.54) is 4.90 Å². The third-order valence-electron chi connectivity index (χ3n) is 4.24. The second-order valence-corrected chi connectivity index (χ2v) is 5.52. The molecule has 2 atom stereocenters. The van der Waals surface area contributed by atoms with Crippen LogP contribution in [0.3, 0.4) is 0 Å². The zero-order valence-corrected chi connectivity index (χ0v) is 11.1. The van der Waals surface area contributed by atoms with Crippen LogP contribution in [0, 0.1) is 5.41 Å². The van der Waals surface area contributed by atoms with Crippen LogP contribution in [0.1, 0.15) is 26.2 Å². The molecule has 0 aromatic carbocycles. The minimum atomic E-state index is -2.61. The normalized spacial score (nSPS) is 28.6. The van der Waals surface area contributed by atoms with Gasteiger partial charge in [-0.05, 0) is 12.8 Å². The predicted octanol–water partition coefficient (Wildman–Crippen LogP) is 1.52. The summed E-state index contributed by atoms with van der Waals surface area (Å²) in [5.41, 5.74) is -0.967. The van der Waals surface area contributed by atoms with E-state index in [4.69, 9.17) is 4.42 Å². The van der Waals surface area contributed by atoms with E-state index in [1.807, 2.05) is 6.92 Å². The first-order chi connectivity index (χ1) is 9.47. The summed E-state index contributed by atoms with van der Waals surface area (Å²) in [6, 6.07) is -0.367. The molecule has 1 aliphatic heterocycles. The van der Waals surface area contributed by atoms with Crippen LogP contribution >= 0.6 is 0 Å². The molecule has 6 nitrogen and oxygen atoms in total. The molecule has 2 unspecified atom stereocenters. The number of halogens is 2.